The minimum Gasteiger partial charge on any atom is -0.385 e. The lowest BCUT2D eigenvalue weighted by molar-refractivity contribution is -0.00950. The van der Waals surface area contributed by atoms with Crippen LogP contribution in [0.1, 0.15) is 39.2 Å². The first kappa shape index (κ1) is 12.7. The molecule has 0 bridgehead atoms. The summed E-state index contributed by atoms with van der Waals surface area (Å²) in [7, 11) is 0. The van der Waals surface area contributed by atoms with Crippen LogP contribution >= 0.6 is 15.9 Å². The minimum absolute atomic E-state index is 0.318. The molecule has 0 aliphatic heterocycles. The summed E-state index contributed by atoms with van der Waals surface area (Å²) in [5.41, 5.74) is 0.281. The normalized spacial score (nSPS) is 15.3. The average Bonchev–Trinajstić information content (AvgIpc) is 2.19. The van der Waals surface area contributed by atoms with Crippen LogP contribution in [0, 0.1) is 5.92 Å². The summed E-state index contributed by atoms with van der Waals surface area (Å²) < 4.78 is 1.05. The quantitative estimate of drug-likeness (QED) is 0.874. The molecule has 0 aliphatic rings. The second kappa shape index (κ2) is 5.13. The van der Waals surface area contributed by atoms with Crippen LogP contribution in [0.25, 0.3) is 0 Å². The number of aliphatic hydroxyl groups is 1. The molecule has 84 valence electrons. The van der Waals surface area contributed by atoms with E-state index >= 15 is 0 Å². The van der Waals surface area contributed by atoms with Gasteiger partial charge in [-0.05, 0) is 30.5 Å². The molecule has 15 heavy (non-hydrogen) atoms. The third-order valence-corrected chi connectivity index (χ3v) is 3.74. The van der Waals surface area contributed by atoms with Gasteiger partial charge in [0.05, 0.1) is 5.60 Å². The van der Waals surface area contributed by atoms with Gasteiger partial charge in [-0.25, -0.2) is 0 Å². The van der Waals surface area contributed by atoms with E-state index < -0.39 is 5.60 Å². The first-order valence-electron chi connectivity index (χ1n) is 5.50. The molecule has 0 spiro atoms. The molecule has 0 radical (unpaired) electrons. The molecule has 1 N–H and O–H groups in total. The van der Waals surface area contributed by atoms with E-state index in [1.807, 2.05) is 31.2 Å². The Bertz CT molecular complexity index is 299. The zero-order valence-electron chi connectivity index (χ0n) is 9.63. The van der Waals surface area contributed by atoms with Gasteiger partial charge in [-0.3, -0.25) is 0 Å². The van der Waals surface area contributed by atoms with Gasteiger partial charge in [-0.15, -0.1) is 0 Å². The van der Waals surface area contributed by atoms with E-state index in [4.69, 9.17) is 0 Å². The smallest absolute Gasteiger partial charge is 0.0896 e. The highest BCUT2D eigenvalue weighted by Gasteiger charge is 2.30. The number of halogens is 1. The molecular formula is C13H19BrO. The second-order valence-electron chi connectivity index (χ2n) is 4.17. The van der Waals surface area contributed by atoms with Gasteiger partial charge in [-0.2, -0.15) is 0 Å². The summed E-state index contributed by atoms with van der Waals surface area (Å²) >= 11 is 3.40. The van der Waals surface area contributed by atoms with E-state index in [2.05, 4.69) is 29.8 Å². The second-order valence-corrected chi connectivity index (χ2v) is 5.08. The average molecular weight is 271 g/mol. The van der Waals surface area contributed by atoms with Crippen molar-refractivity contribution in [2.24, 2.45) is 5.92 Å². The highest BCUT2D eigenvalue weighted by Crippen LogP contribution is 2.34. The predicted molar refractivity (Wildman–Crippen MR) is 67.8 cm³/mol. The summed E-state index contributed by atoms with van der Waals surface area (Å²) in [6.07, 6.45) is 2.00. The van der Waals surface area contributed by atoms with E-state index in [0.717, 1.165) is 22.9 Å². The van der Waals surface area contributed by atoms with Crippen LogP contribution in [-0.2, 0) is 5.60 Å². The Kier molecular flexibility index (Phi) is 4.35. The van der Waals surface area contributed by atoms with Gasteiger partial charge in [0.25, 0.3) is 0 Å². The first-order valence-corrected chi connectivity index (χ1v) is 6.30. The fourth-order valence-corrected chi connectivity index (χ4v) is 2.37. The number of rotatable bonds is 4. The molecule has 0 heterocycles. The van der Waals surface area contributed by atoms with Gasteiger partial charge in [0.15, 0.2) is 0 Å². The van der Waals surface area contributed by atoms with Crippen molar-refractivity contribution in [1.29, 1.82) is 0 Å². The molecule has 1 atom stereocenters. The van der Waals surface area contributed by atoms with Crippen molar-refractivity contribution in [1.82, 2.24) is 0 Å². The van der Waals surface area contributed by atoms with E-state index in [-0.39, 0.29) is 0 Å². The van der Waals surface area contributed by atoms with E-state index in [0.29, 0.717) is 5.92 Å². The lowest BCUT2D eigenvalue weighted by atomic mass is 9.80. The summed E-state index contributed by atoms with van der Waals surface area (Å²) in [6.45, 7) is 6.16. The lowest BCUT2D eigenvalue weighted by Crippen LogP contribution is -2.31. The monoisotopic (exact) mass is 270 g/mol. The number of benzene rings is 1. The van der Waals surface area contributed by atoms with Crippen LogP contribution in [0.15, 0.2) is 28.7 Å². The first-order chi connectivity index (χ1) is 7.02. The van der Waals surface area contributed by atoms with Crippen LogP contribution < -0.4 is 0 Å². The Hall–Kier alpha value is -0.340. The van der Waals surface area contributed by atoms with E-state index in [1.165, 1.54) is 0 Å². The van der Waals surface area contributed by atoms with Crippen molar-refractivity contribution >= 4 is 15.9 Å². The van der Waals surface area contributed by atoms with Gasteiger partial charge < -0.3 is 5.11 Å². The summed E-state index contributed by atoms with van der Waals surface area (Å²) in [5, 5.41) is 10.5. The molecule has 0 saturated heterocycles. The van der Waals surface area contributed by atoms with Gasteiger partial charge in [0.2, 0.25) is 0 Å². The molecule has 0 saturated carbocycles. The largest absolute Gasteiger partial charge is 0.385 e. The summed E-state index contributed by atoms with van der Waals surface area (Å²) in [6, 6.07) is 7.93. The standard InChI is InChI=1S/C13H19BrO/c1-4-10(5-2)13(3,15)11-6-8-12(14)9-7-11/h6-10,15H,4-5H2,1-3H3. The lowest BCUT2D eigenvalue weighted by Gasteiger charge is -2.32. The van der Waals surface area contributed by atoms with Crippen molar-refractivity contribution in [3.8, 4) is 0 Å². The molecule has 1 rings (SSSR count). The van der Waals surface area contributed by atoms with Gasteiger partial charge >= 0.3 is 0 Å². The van der Waals surface area contributed by atoms with Crippen molar-refractivity contribution in [2.75, 3.05) is 0 Å². The Morgan fingerprint density at radius 2 is 1.67 bits per heavy atom. The Morgan fingerprint density at radius 1 is 1.20 bits per heavy atom. The third-order valence-electron chi connectivity index (χ3n) is 3.21. The topological polar surface area (TPSA) is 20.2 Å². The maximum absolute atomic E-state index is 10.5. The SMILES string of the molecule is CCC(CC)C(C)(O)c1ccc(Br)cc1. The van der Waals surface area contributed by atoms with E-state index in [1.54, 1.807) is 0 Å². The number of hydrogen-bond donors (Lipinski definition) is 1. The molecule has 1 aromatic rings. The number of hydrogen-bond acceptors (Lipinski definition) is 1. The molecule has 1 nitrogen and oxygen atoms in total. The fourth-order valence-electron chi connectivity index (χ4n) is 2.11. The molecule has 1 unspecified atom stereocenters. The molecule has 0 aromatic heterocycles. The van der Waals surface area contributed by atoms with Crippen molar-refractivity contribution in [3.63, 3.8) is 0 Å². The van der Waals surface area contributed by atoms with Crippen molar-refractivity contribution in [3.05, 3.63) is 34.3 Å². The van der Waals surface area contributed by atoms with Crippen molar-refractivity contribution in [2.45, 2.75) is 39.2 Å². The maximum Gasteiger partial charge on any atom is 0.0896 e. The fraction of sp³-hybridized carbons (Fsp3) is 0.538. The van der Waals surface area contributed by atoms with Crippen LogP contribution in [0.5, 0.6) is 0 Å². The minimum atomic E-state index is -0.718. The molecule has 0 fully saturated rings. The molecule has 2 heteroatoms. The van der Waals surface area contributed by atoms with Crippen LogP contribution in [0.4, 0.5) is 0 Å². The van der Waals surface area contributed by atoms with Crippen LogP contribution in [-0.4, -0.2) is 5.11 Å². The third kappa shape index (κ3) is 2.82. The Morgan fingerprint density at radius 3 is 2.07 bits per heavy atom. The highest BCUT2D eigenvalue weighted by molar-refractivity contribution is 9.10. The van der Waals surface area contributed by atoms with Crippen molar-refractivity contribution < 1.29 is 5.11 Å². The zero-order chi connectivity index (χ0) is 11.5. The highest BCUT2D eigenvalue weighted by atomic mass is 79.9. The summed E-state index contributed by atoms with van der Waals surface area (Å²) in [5.74, 6) is 0.318. The predicted octanol–water partition coefficient (Wildman–Crippen LogP) is 4.09. The molecule has 0 aliphatic carbocycles. The molecule has 1 aromatic carbocycles. The zero-order valence-corrected chi connectivity index (χ0v) is 11.2. The molecular weight excluding hydrogens is 252 g/mol. The van der Waals surface area contributed by atoms with Crippen LogP contribution in [0.3, 0.4) is 0 Å². The van der Waals surface area contributed by atoms with E-state index in [9.17, 15) is 5.11 Å². The van der Waals surface area contributed by atoms with Gasteiger partial charge in [0, 0.05) is 4.47 Å². The molecule has 0 amide bonds. The summed E-state index contributed by atoms with van der Waals surface area (Å²) in [4.78, 5) is 0. The Balaban J connectivity index is 2.98. The van der Waals surface area contributed by atoms with Gasteiger partial charge in [-0.1, -0.05) is 54.8 Å². The Labute approximate surface area is 101 Å². The van der Waals surface area contributed by atoms with Crippen LogP contribution in [0.2, 0.25) is 0 Å². The maximum atomic E-state index is 10.5. The van der Waals surface area contributed by atoms with Gasteiger partial charge in [0.1, 0.15) is 0 Å².